The Morgan fingerprint density at radius 3 is 2.52 bits per heavy atom. The number of benzene rings is 3. The lowest BCUT2D eigenvalue weighted by atomic mass is 10.2. The number of rotatable bonds is 8. The van der Waals surface area contributed by atoms with E-state index in [1.54, 1.807) is 30.5 Å². The molecule has 0 saturated heterocycles. The lowest BCUT2D eigenvalue weighted by Gasteiger charge is -2.09. The van der Waals surface area contributed by atoms with Crippen molar-refractivity contribution in [3.8, 4) is 5.75 Å². The highest BCUT2D eigenvalue weighted by Gasteiger charge is 2.03. The number of nitrogens with one attached hydrogen (secondary N) is 2. The lowest BCUT2D eigenvalue weighted by Crippen LogP contribution is -2.25. The number of para-hydroxylation sites is 1. The van der Waals surface area contributed by atoms with Crippen molar-refractivity contribution in [2.24, 2.45) is 5.10 Å². The van der Waals surface area contributed by atoms with Crippen molar-refractivity contribution >= 4 is 45.3 Å². The number of carbonyl (C=O) groups excluding carboxylic acids is 1. The third kappa shape index (κ3) is 6.93. The van der Waals surface area contributed by atoms with Crippen LogP contribution in [0.25, 0.3) is 0 Å². The van der Waals surface area contributed by atoms with Crippen LogP contribution in [0.5, 0.6) is 5.75 Å². The highest BCUT2D eigenvalue weighted by molar-refractivity contribution is 9.10. The van der Waals surface area contributed by atoms with Crippen molar-refractivity contribution < 1.29 is 9.53 Å². The fourth-order valence-electron chi connectivity index (χ4n) is 2.42. The monoisotopic (exact) mass is 471 g/mol. The maximum Gasteiger partial charge on any atom is 0.259 e. The minimum atomic E-state index is -0.260. The van der Waals surface area contributed by atoms with Crippen molar-refractivity contribution in [1.29, 1.82) is 0 Å². The predicted molar refractivity (Wildman–Crippen MR) is 121 cm³/mol. The van der Waals surface area contributed by atoms with Gasteiger partial charge in [0, 0.05) is 20.7 Å². The van der Waals surface area contributed by atoms with Crippen molar-refractivity contribution in [3.63, 3.8) is 0 Å². The van der Waals surface area contributed by atoms with Gasteiger partial charge in [-0.05, 0) is 54.1 Å². The average Bonchev–Trinajstić information content (AvgIpc) is 2.74. The Morgan fingerprint density at radius 1 is 1.03 bits per heavy atom. The van der Waals surface area contributed by atoms with Gasteiger partial charge in [-0.3, -0.25) is 4.79 Å². The van der Waals surface area contributed by atoms with E-state index in [0.29, 0.717) is 17.4 Å². The molecule has 0 saturated carbocycles. The van der Waals surface area contributed by atoms with Gasteiger partial charge in [0.15, 0.2) is 0 Å². The predicted octanol–water partition coefficient (Wildman–Crippen LogP) is 5.24. The fourth-order valence-corrected chi connectivity index (χ4v) is 2.81. The molecule has 7 heteroatoms. The number of carbonyl (C=O) groups is 1. The van der Waals surface area contributed by atoms with Gasteiger partial charge in [0.2, 0.25) is 0 Å². The molecule has 0 aliphatic heterocycles. The quantitative estimate of drug-likeness (QED) is 0.348. The molecule has 0 radical (unpaired) electrons. The molecule has 0 aliphatic carbocycles. The molecule has 0 bridgehead atoms. The van der Waals surface area contributed by atoms with E-state index in [2.05, 4.69) is 31.8 Å². The van der Waals surface area contributed by atoms with Crippen LogP contribution in [0.2, 0.25) is 5.02 Å². The Labute approximate surface area is 182 Å². The summed E-state index contributed by atoms with van der Waals surface area (Å²) < 4.78 is 6.92. The van der Waals surface area contributed by atoms with Gasteiger partial charge in [0.1, 0.15) is 12.4 Å². The average molecular weight is 473 g/mol. The third-order valence-electron chi connectivity index (χ3n) is 3.92. The van der Waals surface area contributed by atoms with Crippen LogP contribution in [0.4, 0.5) is 5.69 Å². The summed E-state index contributed by atoms with van der Waals surface area (Å²) in [5, 5.41) is 7.67. The van der Waals surface area contributed by atoms with Gasteiger partial charge in [-0.25, -0.2) is 5.43 Å². The number of ether oxygens (including phenoxy) is 1. The molecule has 0 aromatic heterocycles. The highest BCUT2D eigenvalue weighted by atomic mass is 79.9. The topological polar surface area (TPSA) is 62.7 Å². The Kier molecular flexibility index (Phi) is 7.67. The zero-order valence-corrected chi connectivity index (χ0v) is 17.8. The van der Waals surface area contributed by atoms with Crippen LogP contribution in [0.15, 0.2) is 82.4 Å². The Bertz CT molecular complexity index is 976. The summed E-state index contributed by atoms with van der Waals surface area (Å²) >= 11 is 9.26. The first-order chi connectivity index (χ1) is 14.1. The molecule has 3 rings (SSSR count). The molecule has 0 spiro atoms. The molecule has 0 unspecified atom stereocenters. The third-order valence-corrected chi connectivity index (χ3v) is 4.70. The normalized spacial score (nSPS) is 10.7. The van der Waals surface area contributed by atoms with Crippen LogP contribution in [0.3, 0.4) is 0 Å². The Morgan fingerprint density at radius 2 is 1.76 bits per heavy atom. The first-order valence-electron chi connectivity index (χ1n) is 8.88. The van der Waals surface area contributed by atoms with Gasteiger partial charge < -0.3 is 10.1 Å². The van der Waals surface area contributed by atoms with Gasteiger partial charge in [0.05, 0.1) is 12.8 Å². The molecule has 1 amide bonds. The van der Waals surface area contributed by atoms with Gasteiger partial charge >= 0.3 is 0 Å². The second-order valence-electron chi connectivity index (χ2n) is 6.11. The van der Waals surface area contributed by atoms with Crippen molar-refractivity contribution in [2.75, 3.05) is 11.9 Å². The van der Waals surface area contributed by atoms with E-state index in [0.717, 1.165) is 21.3 Å². The molecule has 148 valence electrons. The van der Waals surface area contributed by atoms with Crippen molar-refractivity contribution in [3.05, 3.63) is 93.4 Å². The summed E-state index contributed by atoms with van der Waals surface area (Å²) in [6, 6.07) is 22.6. The largest absolute Gasteiger partial charge is 0.488 e. The number of hydrazone groups is 1. The smallest absolute Gasteiger partial charge is 0.259 e. The van der Waals surface area contributed by atoms with Crippen molar-refractivity contribution in [1.82, 2.24) is 5.43 Å². The molecule has 2 N–H and O–H groups in total. The molecular formula is C22H19BrClN3O2. The highest BCUT2D eigenvalue weighted by Crippen LogP contribution is 2.18. The summed E-state index contributed by atoms with van der Waals surface area (Å²) in [7, 11) is 0. The summed E-state index contributed by atoms with van der Waals surface area (Å²) in [5.74, 6) is 0.428. The van der Waals surface area contributed by atoms with Gasteiger partial charge in [-0.2, -0.15) is 5.10 Å². The van der Waals surface area contributed by atoms with E-state index in [-0.39, 0.29) is 12.5 Å². The summed E-state index contributed by atoms with van der Waals surface area (Å²) in [4.78, 5) is 11.9. The van der Waals surface area contributed by atoms with Crippen LogP contribution in [0, 0.1) is 0 Å². The Hall–Kier alpha value is -2.83. The zero-order valence-electron chi connectivity index (χ0n) is 15.4. The molecule has 5 nitrogen and oxygen atoms in total. The maximum absolute atomic E-state index is 11.9. The van der Waals surface area contributed by atoms with E-state index < -0.39 is 0 Å². The molecule has 3 aromatic rings. The minimum Gasteiger partial charge on any atom is -0.488 e. The summed E-state index contributed by atoms with van der Waals surface area (Å²) in [5.41, 5.74) is 5.14. The number of nitrogens with zero attached hydrogens (tertiary/aromatic N) is 1. The van der Waals surface area contributed by atoms with Crippen LogP contribution in [-0.4, -0.2) is 18.7 Å². The first kappa shape index (κ1) is 20.9. The van der Waals surface area contributed by atoms with Gasteiger partial charge in [-0.15, -0.1) is 0 Å². The van der Waals surface area contributed by atoms with Crippen LogP contribution in [0.1, 0.15) is 11.1 Å². The summed E-state index contributed by atoms with van der Waals surface area (Å²) in [6.07, 6.45) is 1.57. The number of hydrogen-bond acceptors (Lipinski definition) is 4. The number of amides is 1. The van der Waals surface area contributed by atoms with E-state index in [1.807, 2.05) is 48.5 Å². The minimum absolute atomic E-state index is 0.0979. The number of halogens is 2. The van der Waals surface area contributed by atoms with Crippen molar-refractivity contribution in [2.45, 2.75) is 6.61 Å². The summed E-state index contributed by atoms with van der Waals surface area (Å²) in [6.45, 7) is 0.538. The van der Waals surface area contributed by atoms with Gasteiger partial charge in [-0.1, -0.05) is 51.8 Å². The second kappa shape index (κ2) is 10.6. The lowest BCUT2D eigenvalue weighted by molar-refractivity contribution is -0.119. The van der Waals surface area contributed by atoms with Crippen LogP contribution in [-0.2, 0) is 11.4 Å². The molecule has 0 atom stereocenters. The van der Waals surface area contributed by atoms with E-state index in [1.165, 1.54) is 0 Å². The zero-order chi connectivity index (χ0) is 20.5. The first-order valence-corrected chi connectivity index (χ1v) is 10.0. The SMILES string of the molecule is O=C(CNc1ccc(Cl)cc1)NN=Cc1ccccc1OCc1ccc(Br)cc1. The molecule has 0 heterocycles. The van der Waals surface area contributed by atoms with Crippen LogP contribution >= 0.6 is 27.5 Å². The van der Waals surface area contributed by atoms with E-state index >= 15 is 0 Å². The van der Waals surface area contributed by atoms with E-state index in [4.69, 9.17) is 16.3 Å². The second-order valence-corrected chi connectivity index (χ2v) is 7.46. The molecular weight excluding hydrogens is 454 g/mol. The maximum atomic E-state index is 11.9. The molecule has 0 fully saturated rings. The van der Waals surface area contributed by atoms with E-state index in [9.17, 15) is 4.79 Å². The fraction of sp³-hybridized carbons (Fsp3) is 0.0909. The number of anilines is 1. The Balaban J connectivity index is 1.51. The molecule has 29 heavy (non-hydrogen) atoms. The van der Waals surface area contributed by atoms with Crippen LogP contribution < -0.4 is 15.5 Å². The molecule has 0 aliphatic rings. The van der Waals surface area contributed by atoms with Gasteiger partial charge in [0.25, 0.3) is 5.91 Å². The standard InChI is InChI=1S/C22H19BrClN3O2/c23-18-7-5-16(6-8-18)15-29-21-4-2-1-3-17(21)13-26-27-22(28)14-25-20-11-9-19(24)10-12-20/h1-13,25H,14-15H2,(H,27,28). The number of hydrogen-bond donors (Lipinski definition) is 2. The molecule has 3 aromatic carbocycles.